The second-order valence-electron chi connectivity index (χ2n) is 5.39. The zero-order valence-corrected chi connectivity index (χ0v) is 14.2. The zero-order chi connectivity index (χ0) is 17.6. The molecule has 1 aromatic carbocycles. The summed E-state index contributed by atoms with van der Waals surface area (Å²) in [6.45, 7) is 2.08. The molecule has 0 aliphatic heterocycles. The van der Waals surface area contributed by atoms with E-state index in [1.807, 2.05) is 6.07 Å². The summed E-state index contributed by atoms with van der Waals surface area (Å²) >= 11 is 6.00. The van der Waals surface area contributed by atoms with Crippen LogP contribution in [0.25, 0.3) is 0 Å². The minimum Gasteiger partial charge on any atom is -0.467 e. The number of carbonyl (C=O) groups is 2. The number of benzene rings is 1. The van der Waals surface area contributed by atoms with Gasteiger partial charge < -0.3 is 19.8 Å². The van der Waals surface area contributed by atoms with Crippen molar-refractivity contribution in [3.8, 4) is 0 Å². The van der Waals surface area contributed by atoms with Gasteiger partial charge in [-0.3, -0.25) is 9.59 Å². The molecule has 0 spiro atoms. The van der Waals surface area contributed by atoms with Gasteiger partial charge in [0, 0.05) is 12.1 Å². The van der Waals surface area contributed by atoms with Crippen LogP contribution in [0.5, 0.6) is 0 Å². The summed E-state index contributed by atoms with van der Waals surface area (Å²) in [7, 11) is 1.53. The van der Waals surface area contributed by atoms with Crippen LogP contribution in [-0.2, 0) is 26.5 Å². The summed E-state index contributed by atoms with van der Waals surface area (Å²) in [6, 6.07) is 10.6. The van der Waals surface area contributed by atoms with E-state index in [1.165, 1.54) is 13.4 Å². The molecule has 2 aromatic rings. The third-order valence-corrected chi connectivity index (χ3v) is 3.92. The first-order valence-electron chi connectivity index (χ1n) is 7.34. The third kappa shape index (κ3) is 4.59. The predicted octanol–water partition coefficient (Wildman–Crippen LogP) is 2.23. The van der Waals surface area contributed by atoms with Crippen molar-refractivity contribution in [3.63, 3.8) is 0 Å². The van der Waals surface area contributed by atoms with Gasteiger partial charge in [-0.1, -0.05) is 23.7 Å². The molecular formula is C17H19ClN2O4. The van der Waals surface area contributed by atoms with E-state index in [1.54, 1.807) is 37.3 Å². The SMILES string of the molecule is COC(C)(CNC(=O)C(=O)NCc1ccco1)c1cccc(Cl)c1. The molecule has 128 valence electrons. The monoisotopic (exact) mass is 350 g/mol. The van der Waals surface area contributed by atoms with Crippen molar-refractivity contribution in [3.05, 3.63) is 59.0 Å². The molecule has 24 heavy (non-hydrogen) atoms. The van der Waals surface area contributed by atoms with E-state index in [0.717, 1.165) is 5.56 Å². The largest absolute Gasteiger partial charge is 0.467 e. The number of ether oxygens (including phenoxy) is 1. The highest BCUT2D eigenvalue weighted by molar-refractivity contribution is 6.35. The van der Waals surface area contributed by atoms with Gasteiger partial charge in [-0.25, -0.2) is 0 Å². The van der Waals surface area contributed by atoms with Crippen molar-refractivity contribution in [1.29, 1.82) is 0 Å². The molecule has 0 saturated heterocycles. The number of amides is 2. The van der Waals surface area contributed by atoms with Gasteiger partial charge in [0.2, 0.25) is 0 Å². The van der Waals surface area contributed by atoms with E-state index in [2.05, 4.69) is 10.6 Å². The molecule has 0 radical (unpaired) electrons. The molecule has 1 atom stereocenters. The van der Waals surface area contributed by atoms with Crippen molar-refractivity contribution >= 4 is 23.4 Å². The fourth-order valence-corrected chi connectivity index (χ4v) is 2.29. The Labute approximate surface area is 145 Å². The van der Waals surface area contributed by atoms with Crippen molar-refractivity contribution in [1.82, 2.24) is 10.6 Å². The number of hydrogen-bond donors (Lipinski definition) is 2. The molecule has 2 rings (SSSR count). The second-order valence-corrected chi connectivity index (χ2v) is 5.83. The number of methoxy groups -OCH3 is 1. The number of furan rings is 1. The van der Waals surface area contributed by atoms with Gasteiger partial charge in [0.15, 0.2) is 0 Å². The number of hydrogen-bond acceptors (Lipinski definition) is 4. The molecule has 0 saturated carbocycles. The van der Waals surface area contributed by atoms with Gasteiger partial charge in [-0.15, -0.1) is 0 Å². The van der Waals surface area contributed by atoms with Crippen LogP contribution < -0.4 is 10.6 Å². The quantitative estimate of drug-likeness (QED) is 0.783. The van der Waals surface area contributed by atoms with E-state index < -0.39 is 17.4 Å². The summed E-state index contributed by atoms with van der Waals surface area (Å²) < 4.78 is 10.6. The molecule has 0 bridgehead atoms. The van der Waals surface area contributed by atoms with Crippen LogP contribution in [0.2, 0.25) is 5.02 Å². The highest BCUT2D eigenvalue weighted by atomic mass is 35.5. The minimum atomic E-state index is -0.804. The zero-order valence-electron chi connectivity index (χ0n) is 13.5. The lowest BCUT2D eigenvalue weighted by Gasteiger charge is -2.29. The van der Waals surface area contributed by atoms with E-state index >= 15 is 0 Å². The van der Waals surface area contributed by atoms with Crippen LogP contribution in [0, 0.1) is 0 Å². The van der Waals surface area contributed by atoms with Crippen LogP contribution in [0.1, 0.15) is 18.2 Å². The van der Waals surface area contributed by atoms with E-state index in [0.29, 0.717) is 10.8 Å². The molecule has 6 nitrogen and oxygen atoms in total. The van der Waals surface area contributed by atoms with Crippen LogP contribution in [0.4, 0.5) is 0 Å². The normalized spacial score (nSPS) is 13.1. The van der Waals surface area contributed by atoms with Gasteiger partial charge in [0.05, 0.1) is 19.4 Å². The Balaban J connectivity index is 1.92. The Kier molecular flexibility index (Phi) is 6.00. The molecule has 1 aromatic heterocycles. The lowest BCUT2D eigenvalue weighted by Crippen LogP contribution is -2.45. The Hall–Kier alpha value is -2.31. The van der Waals surface area contributed by atoms with Crippen molar-refractivity contribution < 1.29 is 18.7 Å². The third-order valence-electron chi connectivity index (χ3n) is 3.68. The van der Waals surface area contributed by atoms with Crippen molar-refractivity contribution in [2.24, 2.45) is 0 Å². The fraction of sp³-hybridized carbons (Fsp3) is 0.294. The maximum Gasteiger partial charge on any atom is 0.309 e. The topological polar surface area (TPSA) is 80.6 Å². The number of nitrogens with one attached hydrogen (secondary N) is 2. The van der Waals surface area contributed by atoms with Crippen LogP contribution >= 0.6 is 11.6 Å². The number of carbonyl (C=O) groups excluding carboxylic acids is 2. The molecule has 0 fully saturated rings. The summed E-state index contributed by atoms with van der Waals surface area (Å²) in [4.78, 5) is 23.7. The lowest BCUT2D eigenvalue weighted by atomic mass is 9.95. The lowest BCUT2D eigenvalue weighted by molar-refractivity contribution is -0.140. The Morgan fingerprint density at radius 3 is 2.58 bits per heavy atom. The standard InChI is InChI=1S/C17H19ClN2O4/c1-17(23-2,12-5-3-6-13(18)9-12)11-20-16(22)15(21)19-10-14-7-4-8-24-14/h3-9H,10-11H2,1-2H3,(H,19,21)(H,20,22). The van der Waals surface area contributed by atoms with Gasteiger partial charge in [0.1, 0.15) is 11.4 Å². The summed E-state index contributed by atoms with van der Waals surface area (Å²) in [5, 5.41) is 5.62. The summed E-state index contributed by atoms with van der Waals surface area (Å²) in [5.74, 6) is -0.917. The molecule has 0 aliphatic carbocycles. The fourth-order valence-electron chi connectivity index (χ4n) is 2.10. The van der Waals surface area contributed by atoms with Gasteiger partial charge in [-0.2, -0.15) is 0 Å². The number of rotatable bonds is 6. The smallest absolute Gasteiger partial charge is 0.309 e. The Morgan fingerprint density at radius 2 is 1.96 bits per heavy atom. The number of halogens is 1. The first-order valence-corrected chi connectivity index (χ1v) is 7.72. The second kappa shape index (κ2) is 7.99. The van der Waals surface area contributed by atoms with E-state index in [9.17, 15) is 9.59 Å². The average Bonchev–Trinajstić information content (AvgIpc) is 3.10. The average molecular weight is 351 g/mol. The molecule has 1 heterocycles. The molecule has 2 amide bonds. The van der Waals surface area contributed by atoms with Crippen molar-refractivity contribution in [2.75, 3.05) is 13.7 Å². The van der Waals surface area contributed by atoms with Crippen LogP contribution in [-0.4, -0.2) is 25.5 Å². The van der Waals surface area contributed by atoms with Crippen LogP contribution in [0.3, 0.4) is 0 Å². The van der Waals surface area contributed by atoms with Crippen LogP contribution in [0.15, 0.2) is 47.1 Å². The highest BCUT2D eigenvalue weighted by Crippen LogP contribution is 2.26. The highest BCUT2D eigenvalue weighted by Gasteiger charge is 2.28. The van der Waals surface area contributed by atoms with Gasteiger partial charge >= 0.3 is 11.8 Å². The Bertz CT molecular complexity index is 702. The molecule has 2 N–H and O–H groups in total. The molecule has 7 heteroatoms. The van der Waals surface area contributed by atoms with E-state index in [-0.39, 0.29) is 13.1 Å². The first-order chi connectivity index (χ1) is 11.4. The van der Waals surface area contributed by atoms with Gasteiger partial charge in [-0.05, 0) is 36.8 Å². The molecule has 0 aliphatic rings. The minimum absolute atomic E-state index is 0.122. The first kappa shape index (κ1) is 18.0. The van der Waals surface area contributed by atoms with E-state index in [4.69, 9.17) is 20.8 Å². The van der Waals surface area contributed by atoms with Crippen molar-refractivity contribution in [2.45, 2.75) is 19.1 Å². The van der Waals surface area contributed by atoms with Gasteiger partial charge in [0.25, 0.3) is 0 Å². The maximum atomic E-state index is 11.9. The predicted molar refractivity (Wildman–Crippen MR) is 89.4 cm³/mol. The summed E-state index contributed by atoms with van der Waals surface area (Å²) in [6.07, 6.45) is 1.50. The Morgan fingerprint density at radius 1 is 1.21 bits per heavy atom. The molecule has 1 unspecified atom stereocenters. The molecular weight excluding hydrogens is 332 g/mol. The maximum absolute atomic E-state index is 11.9. The summed E-state index contributed by atoms with van der Waals surface area (Å²) in [5.41, 5.74) is -0.00391.